The molecule has 1 aromatic carbocycles. The second-order valence-corrected chi connectivity index (χ2v) is 6.18. The van der Waals surface area contributed by atoms with Crippen molar-refractivity contribution in [1.82, 2.24) is 5.32 Å². The van der Waals surface area contributed by atoms with Gasteiger partial charge in [-0.2, -0.15) is 0 Å². The lowest BCUT2D eigenvalue weighted by molar-refractivity contribution is 0.236. The minimum absolute atomic E-state index is 0.216. The molecule has 0 aliphatic rings. The first-order chi connectivity index (χ1) is 9.54. The van der Waals surface area contributed by atoms with Gasteiger partial charge in [-0.3, -0.25) is 0 Å². The number of hydrogen-bond acceptors (Lipinski definition) is 2. The van der Waals surface area contributed by atoms with Crippen LogP contribution in [-0.4, -0.2) is 12.6 Å². The van der Waals surface area contributed by atoms with Gasteiger partial charge in [0.05, 0.1) is 6.10 Å². The molecule has 0 amide bonds. The van der Waals surface area contributed by atoms with E-state index in [-0.39, 0.29) is 6.10 Å². The maximum Gasteiger partial charge on any atom is 0.124 e. The Morgan fingerprint density at radius 3 is 2.35 bits per heavy atom. The average molecular weight is 277 g/mol. The fourth-order valence-electron chi connectivity index (χ4n) is 2.32. The Hall–Kier alpha value is -1.02. The van der Waals surface area contributed by atoms with Crippen LogP contribution in [0.5, 0.6) is 5.75 Å². The van der Waals surface area contributed by atoms with Crippen LogP contribution < -0.4 is 10.1 Å². The summed E-state index contributed by atoms with van der Waals surface area (Å²) in [5, 5.41) is 3.67. The maximum absolute atomic E-state index is 5.97. The molecule has 20 heavy (non-hydrogen) atoms. The van der Waals surface area contributed by atoms with E-state index in [1.807, 2.05) is 0 Å². The van der Waals surface area contributed by atoms with E-state index in [4.69, 9.17) is 4.74 Å². The Morgan fingerprint density at radius 2 is 1.75 bits per heavy atom. The van der Waals surface area contributed by atoms with Crippen molar-refractivity contribution in [2.24, 2.45) is 5.92 Å². The highest BCUT2D eigenvalue weighted by Crippen LogP contribution is 2.29. The summed E-state index contributed by atoms with van der Waals surface area (Å²) in [7, 11) is 0. The number of hydrogen-bond donors (Lipinski definition) is 1. The lowest BCUT2D eigenvalue weighted by Gasteiger charge is -2.23. The van der Waals surface area contributed by atoms with Gasteiger partial charge in [0.2, 0.25) is 0 Å². The number of rotatable bonds is 9. The van der Waals surface area contributed by atoms with Crippen molar-refractivity contribution >= 4 is 0 Å². The molecule has 1 N–H and O–H groups in total. The molecule has 1 aromatic rings. The first-order valence-corrected chi connectivity index (χ1v) is 8.03. The Labute approximate surface area is 124 Å². The van der Waals surface area contributed by atoms with Crippen LogP contribution >= 0.6 is 0 Å². The molecule has 0 saturated heterocycles. The van der Waals surface area contributed by atoms with Crippen molar-refractivity contribution in [2.75, 3.05) is 6.54 Å². The first-order valence-electron chi connectivity index (χ1n) is 8.03. The lowest BCUT2D eigenvalue weighted by atomic mass is 9.96. The van der Waals surface area contributed by atoms with Crippen molar-refractivity contribution in [3.63, 3.8) is 0 Å². The zero-order valence-corrected chi connectivity index (χ0v) is 13.8. The molecule has 0 aromatic heterocycles. The van der Waals surface area contributed by atoms with Crippen LogP contribution in [0.4, 0.5) is 0 Å². The van der Waals surface area contributed by atoms with Crippen LogP contribution in [0.3, 0.4) is 0 Å². The molecular formula is C18H31NO. The normalized spacial score (nSPS) is 12.9. The monoisotopic (exact) mass is 277 g/mol. The minimum Gasteiger partial charge on any atom is -0.491 e. The van der Waals surface area contributed by atoms with E-state index in [9.17, 15) is 0 Å². The molecule has 1 atom stereocenters. The third kappa shape index (κ3) is 5.96. The minimum atomic E-state index is 0.216. The largest absolute Gasteiger partial charge is 0.491 e. The number of ether oxygens (including phenoxy) is 1. The van der Waals surface area contributed by atoms with Gasteiger partial charge in [0.15, 0.2) is 0 Å². The Bertz CT molecular complexity index is 373. The summed E-state index contributed by atoms with van der Waals surface area (Å²) in [6.07, 6.45) is 3.77. The second-order valence-electron chi connectivity index (χ2n) is 6.18. The van der Waals surface area contributed by atoms with E-state index in [1.54, 1.807) is 0 Å². The number of nitrogens with one attached hydrogen (secondary N) is 1. The van der Waals surface area contributed by atoms with Crippen molar-refractivity contribution in [3.05, 3.63) is 29.8 Å². The molecule has 114 valence electrons. The van der Waals surface area contributed by atoms with Crippen LogP contribution in [0, 0.1) is 5.92 Å². The summed E-state index contributed by atoms with van der Waals surface area (Å²) >= 11 is 0. The zero-order chi connectivity index (χ0) is 15.0. The van der Waals surface area contributed by atoms with E-state index >= 15 is 0 Å². The van der Waals surface area contributed by atoms with Crippen molar-refractivity contribution < 1.29 is 4.74 Å². The van der Waals surface area contributed by atoms with E-state index < -0.39 is 0 Å². The predicted octanol–water partition coefficient (Wildman–Crippen LogP) is 4.95. The molecule has 0 aliphatic heterocycles. The van der Waals surface area contributed by atoms with E-state index in [2.05, 4.69) is 64.2 Å². The van der Waals surface area contributed by atoms with Crippen LogP contribution in [0.25, 0.3) is 0 Å². The topological polar surface area (TPSA) is 21.3 Å². The third-order valence-corrected chi connectivity index (χ3v) is 3.33. The molecule has 0 aliphatic carbocycles. The SMILES string of the molecule is CCCNC(CCC(C)C)c1ccccc1OC(C)C. The van der Waals surface area contributed by atoms with E-state index in [0.717, 1.165) is 31.1 Å². The van der Waals surface area contributed by atoms with Gasteiger partial charge >= 0.3 is 0 Å². The van der Waals surface area contributed by atoms with Gasteiger partial charge in [0.25, 0.3) is 0 Å². The standard InChI is InChI=1S/C18H31NO/c1-6-13-19-17(12-11-14(2)3)16-9-7-8-10-18(16)20-15(4)5/h7-10,14-15,17,19H,6,11-13H2,1-5H3. The molecule has 2 nitrogen and oxygen atoms in total. The number of benzene rings is 1. The quantitative estimate of drug-likeness (QED) is 0.689. The molecular weight excluding hydrogens is 246 g/mol. The van der Waals surface area contributed by atoms with Crippen LogP contribution in [-0.2, 0) is 0 Å². The summed E-state index contributed by atoms with van der Waals surface area (Å²) in [5.74, 6) is 1.76. The van der Waals surface area contributed by atoms with Gasteiger partial charge in [0.1, 0.15) is 5.75 Å². The van der Waals surface area contributed by atoms with Crippen molar-refractivity contribution in [3.8, 4) is 5.75 Å². The van der Waals surface area contributed by atoms with Crippen molar-refractivity contribution in [2.45, 2.75) is 66.0 Å². The molecule has 0 bridgehead atoms. The zero-order valence-electron chi connectivity index (χ0n) is 13.8. The molecule has 0 radical (unpaired) electrons. The highest BCUT2D eigenvalue weighted by atomic mass is 16.5. The molecule has 2 heteroatoms. The second kappa shape index (κ2) is 9.02. The fraction of sp³-hybridized carbons (Fsp3) is 0.667. The average Bonchev–Trinajstić information content (AvgIpc) is 2.39. The summed E-state index contributed by atoms with van der Waals surface area (Å²) in [5.41, 5.74) is 1.30. The molecule has 0 spiro atoms. The van der Waals surface area contributed by atoms with Gasteiger partial charge < -0.3 is 10.1 Å². The molecule has 1 rings (SSSR count). The Balaban J connectivity index is 2.87. The molecule has 0 saturated carbocycles. The summed E-state index contributed by atoms with van der Waals surface area (Å²) in [4.78, 5) is 0. The third-order valence-electron chi connectivity index (χ3n) is 3.33. The highest BCUT2D eigenvalue weighted by molar-refractivity contribution is 5.36. The fourth-order valence-corrected chi connectivity index (χ4v) is 2.32. The Kier molecular flexibility index (Phi) is 7.68. The summed E-state index contributed by atoms with van der Waals surface area (Å²) < 4.78 is 5.97. The van der Waals surface area contributed by atoms with Crippen LogP contribution in [0.2, 0.25) is 0 Å². The van der Waals surface area contributed by atoms with Crippen molar-refractivity contribution in [1.29, 1.82) is 0 Å². The number of para-hydroxylation sites is 1. The van der Waals surface area contributed by atoms with E-state index in [0.29, 0.717) is 6.04 Å². The van der Waals surface area contributed by atoms with Crippen LogP contribution in [0.15, 0.2) is 24.3 Å². The first kappa shape index (κ1) is 17.0. The predicted molar refractivity (Wildman–Crippen MR) is 87.3 cm³/mol. The summed E-state index contributed by atoms with van der Waals surface area (Å²) in [6.45, 7) is 12.0. The Morgan fingerprint density at radius 1 is 1.05 bits per heavy atom. The van der Waals surface area contributed by atoms with Gasteiger partial charge in [-0.05, 0) is 51.6 Å². The van der Waals surface area contributed by atoms with Crippen LogP contribution in [0.1, 0.15) is 65.5 Å². The van der Waals surface area contributed by atoms with Gasteiger partial charge in [-0.1, -0.05) is 39.0 Å². The van der Waals surface area contributed by atoms with Gasteiger partial charge in [-0.25, -0.2) is 0 Å². The van der Waals surface area contributed by atoms with E-state index in [1.165, 1.54) is 12.0 Å². The highest BCUT2D eigenvalue weighted by Gasteiger charge is 2.16. The summed E-state index contributed by atoms with van der Waals surface area (Å²) in [6, 6.07) is 8.85. The lowest BCUT2D eigenvalue weighted by Crippen LogP contribution is -2.23. The molecule has 0 heterocycles. The molecule has 1 unspecified atom stereocenters. The maximum atomic E-state index is 5.97. The molecule has 0 fully saturated rings. The smallest absolute Gasteiger partial charge is 0.124 e. The van der Waals surface area contributed by atoms with Gasteiger partial charge in [0, 0.05) is 11.6 Å². The van der Waals surface area contributed by atoms with Gasteiger partial charge in [-0.15, -0.1) is 0 Å².